The lowest BCUT2D eigenvalue weighted by atomic mass is 10.0. The minimum absolute atomic E-state index is 0.000724. The predicted molar refractivity (Wildman–Crippen MR) is 161 cm³/mol. The maximum absolute atomic E-state index is 13.2. The van der Waals surface area contributed by atoms with E-state index in [4.69, 9.17) is 21.1 Å². The summed E-state index contributed by atoms with van der Waals surface area (Å²) < 4.78 is 41.2. The SMILES string of the molecule is COc1ncc(-c2ccc3ncnc(N4CCN(C(=O)OC(C)(C)C)CC4)c3c2)cc1NS(=O)(=O)c1cc(Cl)cn1C. The van der Waals surface area contributed by atoms with Gasteiger partial charge in [0.2, 0.25) is 5.88 Å². The van der Waals surface area contributed by atoms with E-state index in [-0.39, 0.29) is 22.7 Å². The van der Waals surface area contributed by atoms with Gasteiger partial charge in [-0.2, -0.15) is 8.42 Å². The van der Waals surface area contributed by atoms with Crippen molar-refractivity contribution in [3.63, 3.8) is 0 Å². The van der Waals surface area contributed by atoms with E-state index < -0.39 is 15.6 Å². The summed E-state index contributed by atoms with van der Waals surface area (Å²) in [6.45, 7) is 7.70. The number of hydrogen-bond donors (Lipinski definition) is 1. The largest absolute Gasteiger partial charge is 0.480 e. The second-order valence-electron chi connectivity index (χ2n) is 10.9. The Kier molecular flexibility index (Phi) is 7.90. The van der Waals surface area contributed by atoms with Crippen molar-refractivity contribution in [3.8, 4) is 17.0 Å². The van der Waals surface area contributed by atoms with Crippen LogP contribution in [0.4, 0.5) is 16.3 Å². The molecule has 42 heavy (non-hydrogen) atoms. The van der Waals surface area contributed by atoms with Crippen molar-refractivity contribution in [1.29, 1.82) is 0 Å². The number of ether oxygens (including phenoxy) is 2. The summed E-state index contributed by atoms with van der Waals surface area (Å²) in [6, 6.07) is 8.75. The number of rotatable bonds is 6. The number of fused-ring (bicyclic) bond motifs is 1. The minimum Gasteiger partial charge on any atom is -0.480 e. The number of methoxy groups -OCH3 is 1. The number of carbonyl (C=O) groups is 1. The van der Waals surface area contributed by atoms with Gasteiger partial charge in [0.1, 0.15) is 23.4 Å². The van der Waals surface area contributed by atoms with Crippen LogP contribution in [0.2, 0.25) is 5.02 Å². The number of hydrogen-bond acceptors (Lipinski definition) is 9. The summed E-state index contributed by atoms with van der Waals surface area (Å²) in [7, 11) is -0.973. The van der Waals surface area contributed by atoms with E-state index in [1.165, 1.54) is 30.3 Å². The van der Waals surface area contributed by atoms with Crippen molar-refractivity contribution in [3.05, 3.63) is 54.1 Å². The van der Waals surface area contributed by atoms with E-state index in [9.17, 15) is 13.2 Å². The van der Waals surface area contributed by atoms with Crippen molar-refractivity contribution in [2.24, 2.45) is 7.05 Å². The highest BCUT2D eigenvalue weighted by Gasteiger charge is 2.27. The van der Waals surface area contributed by atoms with Gasteiger partial charge in [-0.05, 0) is 50.6 Å². The molecule has 1 amide bonds. The van der Waals surface area contributed by atoms with Crippen molar-refractivity contribution >= 4 is 50.1 Å². The molecule has 4 aromatic rings. The molecule has 1 aliphatic rings. The zero-order valence-electron chi connectivity index (χ0n) is 24.0. The van der Waals surface area contributed by atoms with Gasteiger partial charge in [0.25, 0.3) is 10.0 Å². The van der Waals surface area contributed by atoms with E-state index in [0.717, 1.165) is 22.3 Å². The van der Waals surface area contributed by atoms with E-state index in [1.807, 2.05) is 39.0 Å². The average molecular weight is 614 g/mol. The monoisotopic (exact) mass is 613 g/mol. The van der Waals surface area contributed by atoms with Crippen molar-refractivity contribution in [2.75, 3.05) is 42.9 Å². The van der Waals surface area contributed by atoms with Gasteiger partial charge < -0.3 is 23.8 Å². The summed E-state index contributed by atoms with van der Waals surface area (Å²) in [5, 5.41) is 1.12. The lowest BCUT2D eigenvalue weighted by Gasteiger charge is -2.36. The predicted octanol–water partition coefficient (Wildman–Crippen LogP) is 4.55. The van der Waals surface area contributed by atoms with Crippen LogP contribution < -0.4 is 14.4 Å². The lowest BCUT2D eigenvalue weighted by molar-refractivity contribution is 0.0240. The average Bonchev–Trinajstić information content (AvgIpc) is 3.30. The van der Waals surface area contributed by atoms with Crippen LogP contribution >= 0.6 is 11.6 Å². The van der Waals surface area contributed by atoms with Crippen LogP contribution in [0.25, 0.3) is 22.0 Å². The normalized spacial score (nSPS) is 14.2. The van der Waals surface area contributed by atoms with Gasteiger partial charge in [0, 0.05) is 56.6 Å². The van der Waals surface area contributed by atoms with E-state index in [0.29, 0.717) is 36.8 Å². The summed E-state index contributed by atoms with van der Waals surface area (Å²) in [5.74, 6) is 0.865. The van der Waals surface area contributed by atoms with Gasteiger partial charge in [0.05, 0.1) is 17.6 Å². The number of pyridine rings is 1. The molecule has 5 rings (SSSR count). The molecule has 0 radical (unpaired) electrons. The van der Waals surface area contributed by atoms with Crippen LogP contribution in [0.1, 0.15) is 20.8 Å². The number of aromatic nitrogens is 4. The summed E-state index contributed by atoms with van der Waals surface area (Å²) in [6.07, 6.45) is 4.31. The molecule has 0 unspecified atom stereocenters. The molecule has 0 spiro atoms. The fourth-order valence-electron chi connectivity index (χ4n) is 4.72. The van der Waals surface area contributed by atoms with Crippen LogP contribution in [-0.4, -0.2) is 77.8 Å². The molecular formula is C28H32ClN7O5S. The minimum atomic E-state index is -3.99. The van der Waals surface area contributed by atoms with Crippen LogP contribution in [0.3, 0.4) is 0 Å². The fraction of sp³-hybridized carbons (Fsp3) is 0.357. The van der Waals surface area contributed by atoms with Gasteiger partial charge in [0.15, 0.2) is 5.03 Å². The Bertz CT molecular complexity index is 1750. The number of amides is 1. The molecule has 0 atom stereocenters. The Morgan fingerprint density at radius 2 is 1.76 bits per heavy atom. The molecule has 1 fully saturated rings. The third-order valence-corrected chi connectivity index (χ3v) is 8.32. The Balaban J connectivity index is 1.43. The molecule has 14 heteroatoms. The molecule has 4 heterocycles. The first-order valence-corrected chi connectivity index (χ1v) is 15.1. The summed E-state index contributed by atoms with van der Waals surface area (Å²) >= 11 is 6.01. The molecule has 0 bridgehead atoms. The molecule has 1 aromatic carbocycles. The zero-order valence-corrected chi connectivity index (χ0v) is 25.5. The fourth-order valence-corrected chi connectivity index (χ4v) is 6.29. The maximum Gasteiger partial charge on any atom is 0.410 e. The van der Waals surface area contributed by atoms with Gasteiger partial charge in [-0.1, -0.05) is 17.7 Å². The first-order chi connectivity index (χ1) is 19.8. The number of halogens is 1. The molecule has 1 N–H and O–H groups in total. The molecule has 0 saturated carbocycles. The number of piperazine rings is 1. The number of sulfonamides is 1. The number of carbonyl (C=O) groups excluding carboxylic acids is 1. The Morgan fingerprint density at radius 3 is 2.40 bits per heavy atom. The highest BCUT2D eigenvalue weighted by atomic mass is 35.5. The number of nitrogens with zero attached hydrogens (tertiary/aromatic N) is 6. The first kappa shape index (κ1) is 29.4. The van der Waals surface area contributed by atoms with Crippen molar-refractivity contribution in [1.82, 2.24) is 24.4 Å². The van der Waals surface area contributed by atoms with Gasteiger partial charge in [-0.15, -0.1) is 0 Å². The van der Waals surface area contributed by atoms with Crippen LogP contribution in [0, 0.1) is 0 Å². The van der Waals surface area contributed by atoms with Crippen molar-refractivity contribution in [2.45, 2.75) is 31.4 Å². The van der Waals surface area contributed by atoms with Gasteiger partial charge in [-0.25, -0.2) is 19.7 Å². The molecule has 0 aliphatic carbocycles. The third-order valence-electron chi connectivity index (χ3n) is 6.67. The highest BCUT2D eigenvalue weighted by Crippen LogP contribution is 2.33. The number of aryl methyl sites for hydroxylation is 1. The second kappa shape index (κ2) is 11.3. The number of anilines is 2. The van der Waals surface area contributed by atoms with Crippen LogP contribution in [0.5, 0.6) is 5.88 Å². The Morgan fingerprint density at radius 1 is 1.02 bits per heavy atom. The smallest absolute Gasteiger partial charge is 0.410 e. The lowest BCUT2D eigenvalue weighted by Crippen LogP contribution is -2.50. The molecular weight excluding hydrogens is 582 g/mol. The van der Waals surface area contributed by atoms with E-state index in [2.05, 4.69) is 24.6 Å². The standard InChI is InChI=1S/C28H32ClN7O5S/c1-28(2,3)41-27(37)36-10-8-35(9-11-36)25-21-12-18(6-7-22(21)31-17-32-25)19-13-23(26(40-5)30-15-19)33-42(38,39)24-14-20(29)16-34(24)4/h6-7,12-17,33H,8-11H2,1-5H3. The summed E-state index contributed by atoms with van der Waals surface area (Å²) in [4.78, 5) is 29.7. The van der Waals surface area contributed by atoms with E-state index in [1.54, 1.807) is 24.2 Å². The molecule has 222 valence electrons. The quantitative estimate of drug-likeness (QED) is 0.333. The van der Waals surface area contributed by atoms with Gasteiger partial charge >= 0.3 is 6.09 Å². The maximum atomic E-state index is 13.2. The molecule has 3 aromatic heterocycles. The second-order valence-corrected chi connectivity index (χ2v) is 12.9. The molecule has 12 nitrogen and oxygen atoms in total. The topological polar surface area (TPSA) is 132 Å². The number of benzene rings is 1. The summed E-state index contributed by atoms with van der Waals surface area (Å²) in [5.41, 5.74) is 1.81. The first-order valence-electron chi connectivity index (χ1n) is 13.2. The third kappa shape index (κ3) is 6.21. The molecule has 1 saturated heterocycles. The Hall–Kier alpha value is -4.10. The Labute approximate surface area is 249 Å². The highest BCUT2D eigenvalue weighted by molar-refractivity contribution is 7.92. The number of nitrogens with one attached hydrogen (secondary N) is 1. The zero-order chi connectivity index (χ0) is 30.2. The molecule has 1 aliphatic heterocycles. The van der Waals surface area contributed by atoms with Crippen LogP contribution in [-0.2, 0) is 21.8 Å². The van der Waals surface area contributed by atoms with E-state index >= 15 is 0 Å². The van der Waals surface area contributed by atoms with Crippen molar-refractivity contribution < 1.29 is 22.7 Å². The van der Waals surface area contributed by atoms with Gasteiger partial charge in [-0.3, -0.25) is 4.72 Å². The van der Waals surface area contributed by atoms with Crippen LogP contribution in [0.15, 0.2) is 54.1 Å².